The van der Waals surface area contributed by atoms with Crippen LogP contribution in [-0.2, 0) is 19.5 Å². The molecule has 2 aromatic heterocycles. The molecule has 3 aromatic rings. The Morgan fingerprint density at radius 2 is 2.08 bits per heavy atom. The van der Waals surface area contributed by atoms with E-state index < -0.39 is 0 Å². The van der Waals surface area contributed by atoms with E-state index in [-0.39, 0.29) is 0 Å². The lowest BCUT2D eigenvalue weighted by Gasteiger charge is -2.29. The second-order valence-corrected chi connectivity index (χ2v) is 8.26. The van der Waals surface area contributed by atoms with Gasteiger partial charge in [-0.05, 0) is 64.7 Å². The van der Waals surface area contributed by atoms with Crippen LogP contribution >= 0.6 is 27.3 Å². The van der Waals surface area contributed by atoms with Crippen LogP contribution in [0, 0.1) is 0 Å². The van der Waals surface area contributed by atoms with Crippen LogP contribution in [0.2, 0.25) is 0 Å². The quantitative estimate of drug-likeness (QED) is 0.714. The van der Waals surface area contributed by atoms with Crippen LogP contribution in [0.3, 0.4) is 0 Å². The number of thiophene rings is 1. The van der Waals surface area contributed by atoms with Crippen molar-refractivity contribution in [3.8, 4) is 16.5 Å². The van der Waals surface area contributed by atoms with Crippen molar-refractivity contribution in [3.05, 3.63) is 45.2 Å². The highest BCUT2D eigenvalue weighted by atomic mass is 79.9. The Morgan fingerprint density at radius 3 is 2.83 bits per heavy atom. The number of anilines is 1. The molecule has 0 saturated heterocycles. The molecule has 3 heterocycles. The molecule has 0 bridgehead atoms. The number of hydrogen-bond donors (Lipinski definition) is 1. The third-order valence-electron chi connectivity index (χ3n) is 4.33. The summed E-state index contributed by atoms with van der Waals surface area (Å²) >= 11 is 5.17. The van der Waals surface area contributed by atoms with Crippen molar-refractivity contribution in [1.29, 1.82) is 0 Å². The number of halogens is 1. The van der Waals surface area contributed by atoms with Crippen molar-refractivity contribution >= 4 is 33.2 Å². The number of aromatic nitrogens is 3. The summed E-state index contributed by atoms with van der Waals surface area (Å²) < 4.78 is 3.25. The predicted molar refractivity (Wildman–Crippen MR) is 99.6 cm³/mol. The monoisotopic (exact) mass is 404 g/mol. The van der Waals surface area contributed by atoms with Crippen LogP contribution in [0.25, 0.3) is 10.7 Å². The van der Waals surface area contributed by atoms with Gasteiger partial charge in [-0.3, -0.25) is 4.57 Å². The van der Waals surface area contributed by atoms with Crippen LogP contribution in [0.15, 0.2) is 34.1 Å². The summed E-state index contributed by atoms with van der Waals surface area (Å²) in [6.45, 7) is 4.58. The van der Waals surface area contributed by atoms with Crippen molar-refractivity contribution in [2.24, 2.45) is 0 Å². The number of rotatable bonds is 3. The lowest BCUT2D eigenvalue weighted by molar-refractivity contribution is 0.473. The van der Waals surface area contributed by atoms with E-state index in [0.29, 0.717) is 5.75 Å². The van der Waals surface area contributed by atoms with Gasteiger partial charge in [-0.1, -0.05) is 6.07 Å². The molecule has 0 spiro atoms. The van der Waals surface area contributed by atoms with E-state index in [2.05, 4.69) is 48.6 Å². The molecule has 1 aliphatic heterocycles. The molecule has 0 radical (unpaired) electrons. The van der Waals surface area contributed by atoms with Gasteiger partial charge >= 0.3 is 0 Å². The fourth-order valence-corrected chi connectivity index (χ4v) is 4.53. The third-order valence-corrected chi connectivity index (χ3v) is 5.95. The Morgan fingerprint density at radius 1 is 1.21 bits per heavy atom. The van der Waals surface area contributed by atoms with Crippen molar-refractivity contribution in [2.75, 3.05) is 11.4 Å². The number of fused-ring (bicyclic) bond motifs is 1. The lowest BCUT2D eigenvalue weighted by atomic mass is 10.00. The number of phenolic OH excluding ortho intramolecular Hbond substituents is 1. The lowest BCUT2D eigenvalue weighted by Crippen LogP contribution is -2.32. The second-order valence-electron chi connectivity index (χ2n) is 5.80. The predicted octanol–water partition coefficient (Wildman–Crippen LogP) is 4.06. The summed E-state index contributed by atoms with van der Waals surface area (Å²) in [5.41, 5.74) is 2.46. The molecule has 0 amide bonds. The Kier molecular flexibility index (Phi) is 4.05. The highest BCUT2D eigenvalue weighted by molar-refractivity contribution is 9.11. The first-order chi connectivity index (χ1) is 11.7. The topological polar surface area (TPSA) is 54.2 Å². The van der Waals surface area contributed by atoms with Crippen LogP contribution in [0.4, 0.5) is 5.95 Å². The summed E-state index contributed by atoms with van der Waals surface area (Å²) in [7, 11) is 0. The molecule has 0 aliphatic carbocycles. The van der Waals surface area contributed by atoms with Gasteiger partial charge in [0.05, 0.1) is 8.66 Å². The smallest absolute Gasteiger partial charge is 0.227 e. The SMILES string of the molecule is CCn1c(-c2ccc(Br)s2)nnc1N1CCc2ccc(O)cc2C1. The van der Waals surface area contributed by atoms with E-state index >= 15 is 0 Å². The molecular formula is C17H17BrN4OS. The minimum Gasteiger partial charge on any atom is -0.508 e. The molecule has 1 N–H and O–H groups in total. The average Bonchev–Trinajstić information content (AvgIpc) is 3.19. The summed E-state index contributed by atoms with van der Waals surface area (Å²) in [6, 6.07) is 9.73. The van der Waals surface area contributed by atoms with E-state index in [9.17, 15) is 5.11 Å². The van der Waals surface area contributed by atoms with Gasteiger partial charge in [0.2, 0.25) is 5.95 Å². The number of hydrogen-bond acceptors (Lipinski definition) is 5. The minimum atomic E-state index is 0.316. The van der Waals surface area contributed by atoms with Crippen LogP contribution < -0.4 is 4.90 Å². The van der Waals surface area contributed by atoms with Crippen molar-refractivity contribution in [2.45, 2.75) is 26.4 Å². The number of phenols is 1. The van der Waals surface area contributed by atoms with Gasteiger partial charge < -0.3 is 10.0 Å². The Balaban J connectivity index is 1.69. The maximum absolute atomic E-state index is 9.75. The molecule has 24 heavy (non-hydrogen) atoms. The van der Waals surface area contributed by atoms with E-state index in [0.717, 1.165) is 52.1 Å². The zero-order valence-corrected chi connectivity index (χ0v) is 15.6. The van der Waals surface area contributed by atoms with Crippen LogP contribution in [0.5, 0.6) is 5.75 Å². The first kappa shape index (κ1) is 15.7. The average molecular weight is 405 g/mol. The summed E-state index contributed by atoms with van der Waals surface area (Å²) in [6.07, 6.45) is 0.950. The molecule has 7 heteroatoms. The van der Waals surface area contributed by atoms with Crippen molar-refractivity contribution in [3.63, 3.8) is 0 Å². The molecular weight excluding hydrogens is 388 g/mol. The fraction of sp³-hybridized carbons (Fsp3) is 0.294. The molecule has 4 rings (SSSR count). The Bertz CT molecular complexity index is 889. The minimum absolute atomic E-state index is 0.316. The van der Waals surface area contributed by atoms with Crippen LogP contribution in [0.1, 0.15) is 18.1 Å². The fourth-order valence-electron chi connectivity index (χ4n) is 3.15. The molecule has 1 aliphatic rings. The van der Waals surface area contributed by atoms with E-state index in [4.69, 9.17) is 0 Å². The molecule has 0 atom stereocenters. The Labute approximate surface area is 152 Å². The summed E-state index contributed by atoms with van der Waals surface area (Å²) in [5, 5.41) is 18.6. The second kappa shape index (κ2) is 6.22. The van der Waals surface area contributed by atoms with E-state index in [1.54, 1.807) is 17.4 Å². The van der Waals surface area contributed by atoms with E-state index in [1.807, 2.05) is 18.2 Å². The third kappa shape index (κ3) is 2.71. The maximum atomic E-state index is 9.75. The van der Waals surface area contributed by atoms with Gasteiger partial charge in [-0.15, -0.1) is 21.5 Å². The van der Waals surface area contributed by atoms with Gasteiger partial charge in [-0.25, -0.2) is 0 Å². The highest BCUT2D eigenvalue weighted by Gasteiger charge is 2.23. The van der Waals surface area contributed by atoms with Crippen molar-refractivity contribution in [1.82, 2.24) is 14.8 Å². The molecule has 0 fully saturated rings. The Hall–Kier alpha value is -1.86. The maximum Gasteiger partial charge on any atom is 0.227 e. The first-order valence-corrected chi connectivity index (χ1v) is 9.51. The van der Waals surface area contributed by atoms with Crippen molar-refractivity contribution < 1.29 is 5.11 Å². The number of nitrogens with zero attached hydrogens (tertiary/aromatic N) is 4. The van der Waals surface area contributed by atoms with Gasteiger partial charge in [0.1, 0.15) is 5.75 Å². The molecule has 0 unspecified atom stereocenters. The normalized spacial score (nSPS) is 14.0. The van der Waals surface area contributed by atoms with Gasteiger partial charge in [0.15, 0.2) is 5.82 Å². The van der Waals surface area contributed by atoms with Gasteiger partial charge in [0.25, 0.3) is 0 Å². The van der Waals surface area contributed by atoms with Crippen LogP contribution in [-0.4, -0.2) is 26.4 Å². The van der Waals surface area contributed by atoms with Gasteiger partial charge in [-0.2, -0.15) is 0 Å². The summed E-state index contributed by atoms with van der Waals surface area (Å²) in [5.74, 6) is 2.12. The largest absolute Gasteiger partial charge is 0.508 e. The standard InChI is InChI=1S/C17H17BrN4OS/c1-2-22-16(14-5-6-15(18)24-14)19-20-17(22)21-8-7-11-3-4-13(23)9-12(11)10-21/h3-6,9,23H,2,7-8,10H2,1H3. The molecule has 0 saturated carbocycles. The molecule has 1 aromatic carbocycles. The zero-order chi connectivity index (χ0) is 16.7. The van der Waals surface area contributed by atoms with E-state index in [1.165, 1.54) is 5.56 Å². The van der Waals surface area contributed by atoms with Gasteiger partial charge in [0, 0.05) is 19.6 Å². The highest BCUT2D eigenvalue weighted by Crippen LogP contribution is 2.33. The molecule has 124 valence electrons. The molecule has 5 nitrogen and oxygen atoms in total. The first-order valence-electron chi connectivity index (χ1n) is 7.90. The number of aromatic hydroxyl groups is 1. The number of benzene rings is 1. The zero-order valence-electron chi connectivity index (χ0n) is 13.2. The summed E-state index contributed by atoms with van der Waals surface area (Å²) in [4.78, 5) is 3.35.